The van der Waals surface area contributed by atoms with E-state index in [1.165, 1.54) is 0 Å². The number of rotatable bonds is 5. The van der Waals surface area contributed by atoms with Gasteiger partial charge in [0, 0.05) is 25.8 Å². The highest BCUT2D eigenvalue weighted by Crippen LogP contribution is 2.31. The van der Waals surface area contributed by atoms with Gasteiger partial charge >= 0.3 is 0 Å². The van der Waals surface area contributed by atoms with E-state index in [1.54, 1.807) is 25.4 Å². The number of nitrogens with zero attached hydrogens (tertiary/aromatic N) is 3. The van der Waals surface area contributed by atoms with E-state index in [0.717, 1.165) is 43.3 Å². The van der Waals surface area contributed by atoms with Gasteiger partial charge in [-0.15, -0.1) is 0 Å². The van der Waals surface area contributed by atoms with E-state index >= 15 is 0 Å². The van der Waals surface area contributed by atoms with Crippen molar-refractivity contribution in [1.29, 1.82) is 5.26 Å². The van der Waals surface area contributed by atoms with Gasteiger partial charge in [0.15, 0.2) is 0 Å². The largest absolute Gasteiger partial charge is 0.495 e. The summed E-state index contributed by atoms with van der Waals surface area (Å²) in [4.78, 5) is 6.62. The highest BCUT2D eigenvalue weighted by molar-refractivity contribution is 5.59. The van der Waals surface area contributed by atoms with Crippen LogP contribution in [0.2, 0.25) is 0 Å². The lowest BCUT2D eigenvalue weighted by atomic mass is 10.1. The van der Waals surface area contributed by atoms with Crippen LogP contribution >= 0.6 is 0 Å². The van der Waals surface area contributed by atoms with E-state index in [-0.39, 0.29) is 0 Å². The molecule has 3 rings (SSSR count). The van der Waals surface area contributed by atoms with Crippen LogP contribution in [0.15, 0.2) is 42.6 Å². The Morgan fingerprint density at radius 2 is 2.26 bits per heavy atom. The normalized spacial score (nSPS) is 16.9. The molecule has 0 spiro atoms. The van der Waals surface area contributed by atoms with Gasteiger partial charge in [0.05, 0.1) is 24.4 Å². The second-order valence-corrected chi connectivity index (χ2v) is 5.70. The van der Waals surface area contributed by atoms with Crippen LogP contribution in [0.5, 0.6) is 5.75 Å². The Morgan fingerprint density at radius 1 is 1.39 bits per heavy atom. The van der Waals surface area contributed by atoms with Crippen LogP contribution in [0, 0.1) is 17.2 Å². The van der Waals surface area contributed by atoms with Crippen LogP contribution in [-0.2, 0) is 0 Å². The molecular formula is C18H20N4O. The van der Waals surface area contributed by atoms with Gasteiger partial charge in [0.25, 0.3) is 0 Å². The molecule has 1 N–H and O–H groups in total. The minimum absolute atomic E-state index is 0.549. The molecule has 0 amide bonds. The summed E-state index contributed by atoms with van der Waals surface area (Å²) in [5, 5.41) is 12.3. The van der Waals surface area contributed by atoms with E-state index < -0.39 is 0 Å². The first-order valence-electron chi connectivity index (χ1n) is 7.78. The van der Waals surface area contributed by atoms with Gasteiger partial charge in [0.1, 0.15) is 11.6 Å². The molecule has 0 bridgehead atoms. The minimum atomic E-state index is 0.549. The molecular weight excluding hydrogens is 288 g/mol. The Balaban J connectivity index is 1.59. The van der Waals surface area contributed by atoms with E-state index in [2.05, 4.69) is 27.3 Å². The summed E-state index contributed by atoms with van der Waals surface area (Å²) in [5.74, 6) is 2.23. The molecule has 0 aliphatic carbocycles. The minimum Gasteiger partial charge on any atom is -0.495 e. The molecule has 2 aromatic rings. The lowest BCUT2D eigenvalue weighted by molar-refractivity contribution is 0.414. The molecule has 1 aromatic carbocycles. The smallest absolute Gasteiger partial charge is 0.142 e. The third-order valence-electron chi connectivity index (χ3n) is 4.17. The van der Waals surface area contributed by atoms with Gasteiger partial charge in [-0.1, -0.05) is 12.1 Å². The van der Waals surface area contributed by atoms with Gasteiger partial charge in [-0.05, 0) is 36.6 Å². The highest BCUT2D eigenvalue weighted by atomic mass is 16.5. The van der Waals surface area contributed by atoms with Crippen LogP contribution in [0.4, 0.5) is 11.5 Å². The van der Waals surface area contributed by atoms with Crippen molar-refractivity contribution < 1.29 is 4.74 Å². The topological polar surface area (TPSA) is 61.2 Å². The van der Waals surface area contributed by atoms with E-state index in [4.69, 9.17) is 10.00 Å². The molecule has 1 aromatic heterocycles. The van der Waals surface area contributed by atoms with Crippen molar-refractivity contribution in [2.24, 2.45) is 5.92 Å². The SMILES string of the molecule is COc1ccccc1N1CC[C@H](CNc2cc(C#N)ccn2)C1. The number of nitriles is 1. The fourth-order valence-corrected chi connectivity index (χ4v) is 2.95. The van der Waals surface area contributed by atoms with Gasteiger partial charge in [0.2, 0.25) is 0 Å². The average Bonchev–Trinajstić information content (AvgIpc) is 3.09. The zero-order valence-electron chi connectivity index (χ0n) is 13.2. The third-order valence-corrected chi connectivity index (χ3v) is 4.17. The second-order valence-electron chi connectivity index (χ2n) is 5.70. The Kier molecular flexibility index (Phi) is 4.62. The number of benzene rings is 1. The summed E-state index contributed by atoms with van der Waals surface area (Å²) in [6.07, 6.45) is 2.79. The first kappa shape index (κ1) is 15.2. The number of ether oxygens (including phenoxy) is 1. The molecule has 1 aliphatic heterocycles. The Morgan fingerprint density at radius 3 is 3.09 bits per heavy atom. The fraction of sp³-hybridized carbons (Fsp3) is 0.333. The van der Waals surface area contributed by atoms with Crippen LogP contribution in [0.1, 0.15) is 12.0 Å². The quantitative estimate of drug-likeness (QED) is 0.920. The number of anilines is 2. The monoisotopic (exact) mass is 308 g/mol. The summed E-state index contributed by atoms with van der Waals surface area (Å²) in [5.41, 5.74) is 1.78. The first-order chi connectivity index (χ1) is 11.3. The molecule has 1 aliphatic rings. The highest BCUT2D eigenvalue weighted by Gasteiger charge is 2.24. The molecule has 5 nitrogen and oxygen atoms in total. The van der Waals surface area contributed by atoms with Crippen molar-refractivity contribution in [3.05, 3.63) is 48.2 Å². The maximum absolute atomic E-state index is 8.93. The maximum Gasteiger partial charge on any atom is 0.142 e. The summed E-state index contributed by atoms with van der Waals surface area (Å²) in [6, 6.07) is 13.8. The maximum atomic E-state index is 8.93. The van der Waals surface area contributed by atoms with Gasteiger partial charge in [-0.25, -0.2) is 4.98 Å². The molecule has 0 saturated carbocycles. The van der Waals surface area contributed by atoms with E-state index in [9.17, 15) is 0 Å². The predicted octanol–water partition coefficient (Wildman–Crippen LogP) is 2.90. The van der Waals surface area contributed by atoms with Crippen molar-refractivity contribution >= 4 is 11.5 Å². The summed E-state index contributed by atoms with van der Waals surface area (Å²) < 4.78 is 5.45. The number of para-hydroxylation sites is 2. The number of hydrogen-bond donors (Lipinski definition) is 1. The number of pyridine rings is 1. The zero-order valence-corrected chi connectivity index (χ0v) is 13.2. The number of aromatic nitrogens is 1. The standard InChI is InChI=1S/C18H20N4O/c1-23-17-5-3-2-4-16(17)22-9-7-15(13-22)12-21-18-10-14(11-19)6-8-20-18/h2-6,8,10,15H,7,9,12-13H2,1H3,(H,20,21)/t15-/m1/s1. The number of nitrogens with one attached hydrogen (secondary N) is 1. The third kappa shape index (κ3) is 3.54. The van der Waals surface area contributed by atoms with E-state index in [0.29, 0.717) is 11.5 Å². The lowest BCUT2D eigenvalue weighted by Gasteiger charge is -2.21. The summed E-state index contributed by atoms with van der Waals surface area (Å²) in [7, 11) is 1.71. The fourth-order valence-electron chi connectivity index (χ4n) is 2.95. The van der Waals surface area contributed by atoms with Gasteiger partial charge in [-0.2, -0.15) is 5.26 Å². The molecule has 5 heteroatoms. The Hall–Kier alpha value is -2.74. The van der Waals surface area contributed by atoms with Crippen LogP contribution in [-0.4, -0.2) is 31.7 Å². The Labute approximate surface area is 136 Å². The summed E-state index contributed by atoms with van der Waals surface area (Å²) in [6.45, 7) is 2.87. The summed E-state index contributed by atoms with van der Waals surface area (Å²) >= 11 is 0. The molecule has 23 heavy (non-hydrogen) atoms. The van der Waals surface area contributed by atoms with Crippen molar-refractivity contribution in [1.82, 2.24) is 4.98 Å². The predicted molar refractivity (Wildman–Crippen MR) is 90.8 cm³/mol. The zero-order chi connectivity index (χ0) is 16.1. The molecule has 0 radical (unpaired) electrons. The molecule has 2 heterocycles. The molecule has 0 unspecified atom stereocenters. The first-order valence-corrected chi connectivity index (χ1v) is 7.78. The second kappa shape index (κ2) is 7.01. The van der Waals surface area contributed by atoms with E-state index in [1.807, 2.05) is 18.2 Å². The van der Waals surface area contributed by atoms with Gasteiger partial charge in [-0.3, -0.25) is 0 Å². The molecule has 1 saturated heterocycles. The molecule has 118 valence electrons. The van der Waals surface area contributed by atoms with Crippen LogP contribution in [0.25, 0.3) is 0 Å². The lowest BCUT2D eigenvalue weighted by Crippen LogP contribution is -2.23. The molecule has 1 atom stereocenters. The number of methoxy groups -OCH3 is 1. The number of hydrogen-bond acceptors (Lipinski definition) is 5. The van der Waals surface area contributed by atoms with Gasteiger partial charge < -0.3 is 15.0 Å². The van der Waals surface area contributed by atoms with Crippen LogP contribution < -0.4 is 15.0 Å². The molecule has 1 fully saturated rings. The van der Waals surface area contributed by atoms with Crippen LogP contribution in [0.3, 0.4) is 0 Å². The Bertz CT molecular complexity index is 710. The van der Waals surface area contributed by atoms with Crippen molar-refractivity contribution in [2.45, 2.75) is 6.42 Å². The van der Waals surface area contributed by atoms with Crippen molar-refractivity contribution in [3.63, 3.8) is 0 Å². The van der Waals surface area contributed by atoms with Crippen molar-refractivity contribution in [2.75, 3.05) is 37.0 Å². The average molecular weight is 308 g/mol. The van der Waals surface area contributed by atoms with Crippen molar-refractivity contribution in [3.8, 4) is 11.8 Å².